The van der Waals surface area contributed by atoms with Crippen LogP contribution < -0.4 is 15.6 Å². The molecule has 0 unspecified atom stereocenters. The topological polar surface area (TPSA) is 72.7 Å². The Morgan fingerprint density at radius 2 is 1.56 bits per heavy atom. The average molecular weight is 496 g/mol. The molecule has 0 fully saturated rings. The average Bonchev–Trinajstić information content (AvgIpc) is 2.91. The Morgan fingerprint density at radius 3 is 2.25 bits per heavy atom. The molecule has 1 aromatic heterocycles. The minimum Gasteiger partial charge on any atom is -0.489 e. The fourth-order valence-electron chi connectivity index (χ4n) is 4.04. The number of pyridine rings is 1. The van der Waals surface area contributed by atoms with Crippen LogP contribution in [0.15, 0.2) is 107 Å². The van der Waals surface area contributed by atoms with Gasteiger partial charge in [-0.05, 0) is 59.7 Å². The van der Waals surface area contributed by atoms with Crippen LogP contribution in [0, 0.1) is 0 Å². The van der Waals surface area contributed by atoms with Gasteiger partial charge >= 0.3 is 0 Å². The summed E-state index contributed by atoms with van der Waals surface area (Å²) in [6.45, 7) is 0.429. The number of halogens is 1. The van der Waals surface area contributed by atoms with E-state index in [2.05, 4.69) is 10.5 Å². The van der Waals surface area contributed by atoms with E-state index >= 15 is 0 Å². The molecule has 1 amide bonds. The van der Waals surface area contributed by atoms with E-state index in [1.807, 2.05) is 89.5 Å². The standard InChI is InChI=1S/C29H22ClN3O3/c30-22-14-12-20(13-15-22)19-36-23-7-5-6-21(16-23)17-31-32-28(34)18-33-26-10-3-1-8-24(26)29(35)25-9-2-4-11-27(25)33/h1-17H,18-19H2,(H,32,34)/b31-17+. The molecular formula is C29H22ClN3O3. The zero-order chi connectivity index (χ0) is 24.9. The zero-order valence-electron chi connectivity index (χ0n) is 19.2. The summed E-state index contributed by atoms with van der Waals surface area (Å²) in [5.41, 5.74) is 5.73. The lowest BCUT2D eigenvalue weighted by Crippen LogP contribution is -2.25. The minimum atomic E-state index is -0.305. The Bertz CT molecular complexity index is 1580. The molecule has 0 aliphatic rings. The van der Waals surface area contributed by atoms with Crippen LogP contribution in [0.25, 0.3) is 21.8 Å². The predicted molar refractivity (Wildman–Crippen MR) is 144 cm³/mol. The van der Waals surface area contributed by atoms with Gasteiger partial charge in [-0.15, -0.1) is 0 Å². The Hall–Kier alpha value is -4.42. The number of carbonyl (C=O) groups excluding carboxylic acids is 1. The number of fused-ring (bicyclic) bond motifs is 2. The fourth-order valence-corrected chi connectivity index (χ4v) is 4.16. The van der Waals surface area contributed by atoms with Crippen molar-refractivity contribution in [1.29, 1.82) is 0 Å². The number of ether oxygens (including phenoxy) is 1. The van der Waals surface area contributed by atoms with Crippen LogP contribution in [-0.2, 0) is 17.9 Å². The molecule has 6 nitrogen and oxygen atoms in total. The number of para-hydroxylation sites is 2. The van der Waals surface area contributed by atoms with Gasteiger partial charge in [0.05, 0.1) is 17.2 Å². The van der Waals surface area contributed by atoms with Gasteiger partial charge in [0.25, 0.3) is 5.91 Å². The van der Waals surface area contributed by atoms with Crippen molar-refractivity contribution in [1.82, 2.24) is 9.99 Å². The molecule has 178 valence electrons. The Labute approximate surface area is 212 Å². The maximum atomic E-state index is 12.9. The van der Waals surface area contributed by atoms with E-state index in [4.69, 9.17) is 16.3 Å². The molecule has 0 radical (unpaired) electrons. The van der Waals surface area contributed by atoms with Gasteiger partial charge in [0.15, 0.2) is 5.43 Å². The highest BCUT2D eigenvalue weighted by atomic mass is 35.5. The fraction of sp³-hybridized carbons (Fsp3) is 0.0690. The number of benzene rings is 4. The monoisotopic (exact) mass is 495 g/mol. The normalized spacial score (nSPS) is 11.2. The third-order valence-electron chi connectivity index (χ3n) is 5.76. The Kier molecular flexibility index (Phi) is 6.78. The molecule has 0 bridgehead atoms. The quantitative estimate of drug-likeness (QED) is 0.183. The van der Waals surface area contributed by atoms with Crippen molar-refractivity contribution in [2.45, 2.75) is 13.2 Å². The second-order valence-corrected chi connectivity index (χ2v) is 8.67. The van der Waals surface area contributed by atoms with E-state index in [0.29, 0.717) is 39.2 Å². The van der Waals surface area contributed by atoms with E-state index in [9.17, 15) is 9.59 Å². The summed E-state index contributed by atoms with van der Waals surface area (Å²) >= 11 is 5.92. The zero-order valence-corrected chi connectivity index (χ0v) is 20.0. The van der Waals surface area contributed by atoms with E-state index in [1.54, 1.807) is 18.3 Å². The van der Waals surface area contributed by atoms with Gasteiger partial charge in [0.2, 0.25) is 0 Å². The molecule has 0 saturated heterocycles. The molecule has 4 aromatic carbocycles. The van der Waals surface area contributed by atoms with Crippen LogP contribution in [-0.4, -0.2) is 16.7 Å². The molecule has 0 aliphatic carbocycles. The second kappa shape index (κ2) is 10.5. The first-order valence-corrected chi connectivity index (χ1v) is 11.8. The number of rotatable bonds is 7. The van der Waals surface area contributed by atoms with Crippen LogP contribution in [0.1, 0.15) is 11.1 Å². The first-order chi connectivity index (χ1) is 17.6. The second-order valence-electron chi connectivity index (χ2n) is 8.23. The maximum Gasteiger partial charge on any atom is 0.260 e. The summed E-state index contributed by atoms with van der Waals surface area (Å²) in [7, 11) is 0. The lowest BCUT2D eigenvalue weighted by molar-refractivity contribution is -0.121. The van der Waals surface area contributed by atoms with Gasteiger partial charge < -0.3 is 9.30 Å². The van der Waals surface area contributed by atoms with Crippen LogP contribution in [0.5, 0.6) is 5.75 Å². The van der Waals surface area contributed by atoms with E-state index < -0.39 is 0 Å². The van der Waals surface area contributed by atoms with Crippen LogP contribution in [0.3, 0.4) is 0 Å². The van der Waals surface area contributed by atoms with Gasteiger partial charge in [-0.2, -0.15) is 5.10 Å². The van der Waals surface area contributed by atoms with Crippen molar-refractivity contribution in [3.63, 3.8) is 0 Å². The highest BCUT2D eigenvalue weighted by molar-refractivity contribution is 6.30. The van der Waals surface area contributed by atoms with Gasteiger partial charge in [-0.1, -0.05) is 60.1 Å². The first kappa shape index (κ1) is 23.3. The maximum absolute atomic E-state index is 12.9. The number of amides is 1. The van der Waals surface area contributed by atoms with Gasteiger partial charge in [0.1, 0.15) is 18.9 Å². The van der Waals surface area contributed by atoms with Gasteiger partial charge in [-0.25, -0.2) is 5.43 Å². The smallest absolute Gasteiger partial charge is 0.260 e. The van der Waals surface area contributed by atoms with Crippen molar-refractivity contribution in [2.24, 2.45) is 5.10 Å². The van der Waals surface area contributed by atoms with E-state index in [-0.39, 0.29) is 17.9 Å². The molecule has 0 atom stereocenters. The summed E-state index contributed by atoms with van der Waals surface area (Å²) in [6.07, 6.45) is 1.56. The number of nitrogens with one attached hydrogen (secondary N) is 1. The number of carbonyl (C=O) groups is 1. The van der Waals surface area contributed by atoms with Crippen molar-refractivity contribution < 1.29 is 9.53 Å². The molecule has 1 N–H and O–H groups in total. The molecule has 0 saturated carbocycles. The number of nitrogens with zero attached hydrogens (tertiary/aromatic N) is 2. The summed E-state index contributed by atoms with van der Waals surface area (Å²) < 4.78 is 7.68. The van der Waals surface area contributed by atoms with Crippen molar-refractivity contribution in [2.75, 3.05) is 0 Å². The highest BCUT2D eigenvalue weighted by Crippen LogP contribution is 2.19. The Balaban J connectivity index is 1.28. The molecule has 7 heteroatoms. The van der Waals surface area contributed by atoms with E-state index in [1.165, 1.54) is 0 Å². The highest BCUT2D eigenvalue weighted by Gasteiger charge is 2.12. The van der Waals surface area contributed by atoms with Crippen molar-refractivity contribution >= 4 is 45.5 Å². The van der Waals surface area contributed by atoms with Crippen LogP contribution >= 0.6 is 11.6 Å². The van der Waals surface area contributed by atoms with Crippen LogP contribution in [0.4, 0.5) is 0 Å². The van der Waals surface area contributed by atoms with Gasteiger partial charge in [-0.3, -0.25) is 9.59 Å². The molecule has 0 aliphatic heterocycles. The SMILES string of the molecule is O=C(Cn1c2ccccc2c(=O)c2ccccc21)N/N=C/c1cccc(OCc2ccc(Cl)cc2)c1. The molecule has 36 heavy (non-hydrogen) atoms. The molecule has 5 rings (SSSR count). The third-order valence-corrected chi connectivity index (χ3v) is 6.01. The number of hydrogen-bond acceptors (Lipinski definition) is 4. The summed E-state index contributed by atoms with van der Waals surface area (Å²) in [6, 6.07) is 29.5. The minimum absolute atomic E-state index is 0.0168. The Morgan fingerprint density at radius 1 is 0.889 bits per heavy atom. The summed E-state index contributed by atoms with van der Waals surface area (Å²) in [5, 5.41) is 5.94. The first-order valence-electron chi connectivity index (χ1n) is 11.4. The van der Waals surface area contributed by atoms with Crippen molar-refractivity contribution in [3.8, 4) is 5.75 Å². The molecule has 0 spiro atoms. The number of hydrogen-bond donors (Lipinski definition) is 1. The summed E-state index contributed by atoms with van der Waals surface area (Å²) in [4.78, 5) is 25.6. The lowest BCUT2D eigenvalue weighted by atomic mass is 10.1. The van der Waals surface area contributed by atoms with Crippen molar-refractivity contribution in [3.05, 3.63) is 123 Å². The molecule has 5 aromatic rings. The van der Waals surface area contributed by atoms with Gasteiger partial charge in [0, 0.05) is 15.8 Å². The number of aromatic nitrogens is 1. The third kappa shape index (κ3) is 5.14. The molecule has 1 heterocycles. The lowest BCUT2D eigenvalue weighted by Gasteiger charge is -2.14. The van der Waals surface area contributed by atoms with Crippen LogP contribution in [0.2, 0.25) is 5.02 Å². The summed E-state index contributed by atoms with van der Waals surface area (Å²) in [5.74, 6) is 0.381. The van der Waals surface area contributed by atoms with E-state index in [0.717, 1.165) is 11.1 Å². The number of hydrazone groups is 1. The largest absolute Gasteiger partial charge is 0.489 e. The molecular weight excluding hydrogens is 474 g/mol. The predicted octanol–water partition coefficient (Wildman–Crippen LogP) is 5.54.